The molecule has 10 nitrogen and oxygen atoms in total. The van der Waals surface area contributed by atoms with E-state index in [2.05, 4.69) is 20.0 Å². The molecule has 0 bridgehead atoms. The van der Waals surface area contributed by atoms with Gasteiger partial charge in [0.2, 0.25) is 5.89 Å². The minimum Gasteiger partial charge on any atom is -0.497 e. The van der Waals surface area contributed by atoms with Gasteiger partial charge in [-0.3, -0.25) is 14.7 Å². The summed E-state index contributed by atoms with van der Waals surface area (Å²) in [4.78, 5) is 23.3. The van der Waals surface area contributed by atoms with Gasteiger partial charge in [0.15, 0.2) is 5.82 Å². The van der Waals surface area contributed by atoms with Crippen LogP contribution in [0.5, 0.6) is 5.75 Å². The first kappa shape index (κ1) is 25.6. The van der Waals surface area contributed by atoms with Gasteiger partial charge >= 0.3 is 5.97 Å². The molecule has 3 aromatic rings. The van der Waals surface area contributed by atoms with Crippen molar-refractivity contribution in [3.8, 4) is 5.75 Å². The Kier molecular flexibility index (Phi) is 7.68. The second kappa shape index (κ2) is 11.1. The van der Waals surface area contributed by atoms with E-state index in [1.165, 1.54) is 0 Å². The number of piperidine rings is 1. The SMILES string of the molecule is COCc1noc(C2CC(N3CC[C@@H](CCC(O)c4ccnc5ccc(OC)cc45)[C@@H](C(=O)O)C3)C2)n1. The number of aliphatic hydroxyl groups is 1. The summed E-state index contributed by atoms with van der Waals surface area (Å²) < 4.78 is 15.8. The van der Waals surface area contributed by atoms with E-state index in [-0.39, 0.29) is 11.8 Å². The third-order valence-electron chi connectivity index (χ3n) is 7.99. The summed E-state index contributed by atoms with van der Waals surface area (Å²) in [5, 5.41) is 25.8. The molecule has 3 atom stereocenters. The third kappa shape index (κ3) is 5.46. The minimum atomic E-state index is -0.764. The number of pyridine rings is 1. The first-order valence-electron chi connectivity index (χ1n) is 12.9. The Hall–Kier alpha value is -3.08. The molecule has 2 fully saturated rings. The van der Waals surface area contributed by atoms with Crippen LogP contribution in [0, 0.1) is 11.8 Å². The maximum atomic E-state index is 12.2. The second-order valence-corrected chi connectivity index (χ2v) is 10.2. The fraction of sp³-hybridized carbons (Fsp3) is 0.556. The number of methoxy groups -OCH3 is 2. The smallest absolute Gasteiger partial charge is 0.308 e. The molecular weight excluding hydrogens is 476 g/mol. The Morgan fingerprint density at radius 1 is 1.27 bits per heavy atom. The fourth-order valence-corrected chi connectivity index (χ4v) is 5.78. The lowest BCUT2D eigenvalue weighted by atomic mass is 9.75. The summed E-state index contributed by atoms with van der Waals surface area (Å²) in [6.07, 6.45) is 4.73. The fourth-order valence-electron chi connectivity index (χ4n) is 5.78. The van der Waals surface area contributed by atoms with Crippen molar-refractivity contribution in [2.45, 2.75) is 56.8 Å². The van der Waals surface area contributed by atoms with Crippen molar-refractivity contribution in [1.82, 2.24) is 20.0 Å². The molecule has 0 radical (unpaired) electrons. The van der Waals surface area contributed by atoms with Gasteiger partial charge in [-0.2, -0.15) is 4.98 Å². The molecule has 1 unspecified atom stereocenters. The van der Waals surface area contributed by atoms with E-state index in [0.717, 1.165) is 42.3 Å². The highest BCUT2D eigenvalue weighted by Crippen LogP contribution is 2.42. The number of ether oxygens (including phenoxy) is 2. The zero-order valence-electron chi connectivity index (χ0n) is 21.2. The van der Waals surface area contributed by atoms with Crippen LogP contribution in [0.1, 0.15) is 61.4 Å². The van der Waals surface area contributed by atoms with Crippen molar-refractivity contribution in [1.29, 1.82) is 0 Å². The summed E-state index contributed by atoms with van der Waals surface area (Å²) in [5.41, 5.74) is 1.59. The van der Waals surface area contributed by atoms with Gasteiger partial charge in [-0.1, -0.05) is 5.16 Å². The number of fused-ring (bicyclic) bond motifs is 1. The number of aromatic nitrogens is 3. The molecule has 1 aliphatic heterocycles. The largest absolute Gasteiger partial charge is 0.497 e. The normalized spacial score (nSPS) is 25.1. The van der Waals surface area contributed by atoms with Gasteiger partial charge in [0, 0.05) is 37.2 Å². The molecule has 2 N–H and O–H groups in total. The maximum absolute atomic E-state index is 12.2. The lowest BCUT2D eigenvalue weighted by Gasteiger charge is -2.46. The lowest BCUT2D eigenvalue weighted by Crippen LogP contribution is -2.52. The Morgan fingerprint density at radius 2 is 2.11 bits per heavy atom. The van der Waals surface area contributed by atoms with E-state index >= 15 is 0 Å². The molecule has 1 aromatic carbocycles. The number of likely N-dealkylation sites (tertiary alicyclic amines) is 1. The molecule has 1 saturated carbocycles. The van der Waals surface area contributed by atoms with Crippen molar-refractivity contribution in [3.63, 3.8) is 0 Å². The monoisotopic (exact) mass is 510 g/mol. The first-order valence-corrected chi connectivity index (χ1v) is 12.9. The van der Waals surface area contributed by atoms with Gasteiger partial charge in [0.1, 0.15) is 12.4 Å². The number of nitrogens with zero attached hydrogens (tertiary/aromatic N) is 4. The number of aliphatic hydroxyl groups excluding tert-OH is 1. The third-order valence-corrected chi connectivity index (χ3v) is 7.99. The van der Waals surface area contributed by atoms with Crippen LogP contribution in [0.3, 0.4) is 0 Å². The Morgan fingerprint density at radius 3 is 2.86 bits per heavy atom. The molecule has 5 rings (SSSR count). The number of rotatable bonds is 10. The summed E-state index contributed by atoms with van der Waals surface area (Å²) in [6.45, 7) is 1.71. The Bertz CT molecular complexity index is 1230. The number of hydrogen-bond donors (Lipinski definition) is 2. The number of hydrogen-bond acceptors (Lipinski definition) is 9. The molecule has 10 heteroatoms. The summed E-state index contributed by atoms with van der Waals surface area (Å²) >= 11 is 0. The van der Waals surface area contributed by atoms with E-state index in [9.17, 15) is 15.0 Å². The molecule has 198 valence electrons. The molecule has 2 aliphatic rings. The number of aliphatic carboxylic acids is 1. The zero-order chi connectivity index (χ0) is 25.9. The minimum absolute atomic E-state index is 0.0226. The standard InChI is InChI=1S/C27H34N4O6/c1-35-15-25-29-26(37-30-25)17-11-18(12-17)31-10-8-16(22(14-31)27(33)34)3-6-24(32)20-7-9-28-23-5-4-19(36-2)13-21(20)23/h4-5,7,9,13,16-18,22,24,32H,3,6,8,10-12,14-15H2,1-2H3,(H,33,34)/t16-,17?,18?,22+,24?/m1/s1. The van der Waals surface area contributed by atoms with Crippen molar-refractivity contribution in [2.24, 2.45) is 11.8 Å². The topological polar surface area (TPSA) is 131 Å². The van der Waals surface area contributed by atoms with Gasteiger partial charge in [-0.15, -0.1) is 0 Å². The van der Waals surface area contributed by atoms with Crippen LogP contribution >= 0.6 is 0 Å². The molecular formula is C27H34N4O6. The Balaban J connectivity index is 1.17. The van der Waals surface area contributed by atoms with Crippen LogP contribution in [-0.2, 0) is 16.1 Å². The molecule has 3 heterocycles. The summed E-state index contributed by atoms with van der Waals surface area (Å²) in [7, 11) is 3.21. The average molecular weight is 511 g/mol. The first-order chi connectivity index (χ1) is 18.0. The molecule has 0 amide bonds. The number of carboxylic acids is 1. The van der Waals surface area contributed by atoms with E-state index in [4.69, 9.17) is 14.0 Å². The molecule has 37 heavy (non-hydrogen) atoms. The van der Waals surface area contributed by atoms with Crippen molar-refractivity contribution >= 4 is 16.9 Å². The quantitative estimate of drug-likeness (QED) is 0.417. The maximum Gasteiger partial charge on any atom is 0.308 e. The van der Waals surface area contributed by atoms with Gasteiger partial charge in [0.25, 0.3) is 0 Å². The highest BCUT2D eigenvalue weighted by Gasteiger charge is 2.42. The van der Waals surface area contributed by atoms with Gasteiger partial charge in [-0.25, -0.2) is 0 Å². The average Bonchev–Trinajstić information content (AvgIpc) is 3.34. The molecule has 0 spiro atoms. The summed E-state index contributed by atoms with van der Waals surface area (Å²) in [5.74, 6) is 0.922. The van der Waals surface area contributed by atoms with Crippen LogP contribution in [-0.4, -0.2) is 69.6 Å². The van der Waals surface area contributed by atoms with Crippen LogP contribution in [0.4, 0.5) is 0 Å². The van der Waals surface area contributed by atoms with Crippen LogP contribution < -0.4 is 4.74 Å². The van der Waals surface area contributed by atoms with E-state index in [0.29, 0.717) is 49.5 Å². The van der Waals surface area contributed by atoms with Crippen molar-refractivity contribution in [3.05, 3.63) is 47.7 Å². The van der Waals surface area contributed by atoms with Gasteiger partial charge in [0.05, 0.1) is 24.6 Å². The number of benzene rings is 1. The van der Waals surface area contributed by atoms with Crippen LogP contribution in [0.25, 0.3) is 10.9 Å². The van der Waals surface area contributed by atoms with Crippen molar-refractivity contribution < 1.29 is 29.0 Å². The Labute approximate surface area is 215 Å². The van der Waals surface area contributed by atoms with E-state index < -0.39 is 18.0 Å². The summed E-state index contributed by atoms with van der Waals surface area (Å²) in [6, 6.07) is 7.77. The van der Waals surface area contributed by atoms with Crippen LogP contribution in [0.15, 0.2) is 35.0 Å². The van der Waals surface area contributed by atoms with E-state index in [1.807, 2.05) is 24.3 Å². The van der Waals surface area contributed by atoms with Crippen molar-refractivity contribution in [2.75, 3.05) is 27.3 Å². The number of carbonyl (C=O) groups is 1. The molecule has 2 aromatic heterocycles. The zero-order valence-corrected chi connectivity index (χ0v) is 21.2. The highest BCUT2D eigenvalue weighted by molar-refractivity contribution is 5.83. The van der Waals surface area contributed by atoms with Gasteiger partial charge < -0.3 is 24.2 Å². The predicted molar refractivity (Wildman–Crippen MR) is 134 cm³/mol. The molecule has 1 aliphatic carbocycles. The highest BCUT2D eigenvalue weighted by atomic mass is 16.5. The lowest BCUT2D eigenvalue weighted by molar-refractivity contribution is -0.147. The molecule has 1 saturated heterocycles. The van der Waals surface area contributed by atoms with Gasteiger partial charge in [-0.05, 0) is 74.4 Å². The number of carboxylic acid groups (broad SMARTS) is 1. The van der Waals surface area contributed by atoms with Crippen LogP contribution in [0.2, 0.25) is 0 Å². The van der Waals surface area contributed by atoms with E-state index in [1.54, 1.807) is 20.4 Å². The second-order valence-electron chi connectivity index (χ2n) is 10.2. The predicted octanol–water partition coefficient (Wildman–Crippen LogP) is 3.56.